The monoisotopic (exact) mass is 393 g/mol. The molecule has 0 saturated carbocycles. The summed E-state index contributed by atoms with van der Waals surface area (Å²) in [6, 6.07) is -0.990. The molecule has 1 aliphatic heterocycles. The molecular formula is C12H20FN7O3S2. The number of hydrogen-bond acceptors (Lipinski definition) is 8. The summed E-state index contributed by atoms with van der Waals surface area (Å²) in [5, 5.41) is 2.25. The molecule has 3 N–H and O–H groups in total. The molecule has 0 radical (unpaired) electrons. The molecule has 0 aliphatic carbocycles. The Morgan fingerprint density at radius 2 is 2.00 bits per heavy atom. The highest BCUT2D eigenvalue weighted by atomic mass is 32.2. The average molecular weight is 393 g/mol. The van der Waals surface area contributed by atoms with E-state index in [1.807, 2.05) is 4.72 Å². The van der Waals surface area contributed by atoms with Crippen molar-refractivity contribution < 1.29 is 17.6 Å². The molecule has 25 heavy (non-hydrogen) atoms. The third kappa shape index (κ3) is 6.34. The molecule has 1 aromatic heterocycles. The van der Waals surface area contributed by atoms with Crippen molar-refractivity contribution >= 4 is 34.0 Å². The molecule has 140 valence electrons. The van der Waals surface area contributed by atoms with Crippen molar-refractivity contribution in [2.24, 2.45) is 0 Å². The van der Waals surface area contributed by atoms with Gasteiger partial charge in [-0.3, -0.25) is 14.6 Å². The van der Waals surface area contributed by atoms with Crippen LogP contribution in [0.3, 0.4) is 0 Å². The van der Waals surface area contributed by atoms with Crippen molar-refractivity contribution in [3.8, 4) is 0 Å². The maximum absolute atomic E-state index is 12.3. The van der Waals surface area contributed by atoms with Crippen LogP contribution in [0.2, 0.25) is 0 Å². The third-order valence-corrected chi connectivity index (χ3v) is 5.42. The standard InChI is InChI=1S/C12H20FN7O3S2/c1-8-14-9(2)16-10(15-8)17-11(21)18-25(22,23)19-12-20(5-3-4-13)6-7-24-12/h12,19H,3-7H2,1-2H3,(H2,14,15,16,17,18,21). The summed E-state index contributed by atoms with van der Waals surface area (Å²) < 4.78 is 40.7. The summed E-state index contributed by atoms with van der Waals surface area (Å²) in [4.78, 5) is 25.4. The number of aryl methyl sites for hydroxylation is 2. The number of hydrogen-bond donors (Lipinski definition) is 3. The van der Waals surface area contributed by atoms with Crippen molar-refractivity contribution in [2.45, 2.75) is 25.8 Å². The third-order valence-electron chi connectivity index (χ3n) is 3.13. The summed E-state index contributed by atoms with van der Waals surface area (Å²) in [5.74, 6) is 1.47. The number of nitrogens with zero attached hydrogens (tertiary/aromatic N) is 4. The molecule has 2 amide bonds. The van der Waals surface area contributed by atoms with Crippen LogP contribution in [0.15, 0.2) is 0 Å². The van der Waals surface area contributed by atoms with Crippen LogP contribution in [0, 0.1) is 13.8 Å². The number of urea groups is 1. The number of amides is 2. The second kappa shape index (κ2) is 8.69. The Labute approximate surface area is 149 Å². The number of thioether (sulfide) groups is 1. The van der Waals surface area contributed by atoms with Gasteiger partial charge in [0, 0.05) is 18.8 Å². The van der Waals surface area contributed by atoms with Gasteiger partial charge in [0.2, 0.25) is 5.95 Å². The molecule has 1 fully saturated rings. The van der Waals surface area contributed by atoms with Crippen LogP contribution in [-0.2, 0) is 10.2 Å². The van der Waals surface area contributed by atoms with E-state index in [2.05, 4.69) is 25.0 Å². The maximum atomic E-state index is 12.3. The Balaban J connectivity index is 1.92. The zero-order chi connectivity index (χ0) is 18.4. The van der Waals surface area contributed by atoms with Crippen LogP contribution < -0.4 is 14.8 Å². The summed E-state index contributed by atoms with van der Waals surface area (Å²) in [6.07, 6.45) is 0.324. The Morgan fingerprint density at radius 1 is 1.32 bits per heavy atom. The van der Waals surface area contributed by atoms with Crippen LogP contribution in [0.5, 0.6) is 0 Å². The first kappa shape index (κ1) is 19.8. The number of halogens is 1. The summed E-state index contributed by atoms with van der Waals surface area (Å²) >= 11 is 1.37. The van der Waals surface area contributed by atoms with E-state index < -0.39 is 28.4 Å². The van der Waals surface area contributed by atoms with Gasteiger partial charge in [0.1, 0.15) is 17.1 Å². The molecule has 1 unspecified atom stereocenters. The van der Waals surface area contributed by atoms with Crippen LogP contribution in [0.25, 0.3) is 0 Å². The minimum atomic E-state index is -4.10. The number of anilines is 1. The number of aromatic nitrogens is 3. The molecule has 1 atom stereocenters. The van der Waals surface area contributed by atoms with E-state index in [4.69, 9.17) is 0 Å². The van der Waals surface area contributed by atoms with Crippen molar-refractivity contribution in [2.75, 3.05) is 30.8 Å². The number of nitrogens with one attached hydrogen (secondary N) is 3. The summed E-state index contributed by atoms with van der Waals surface area (Å²) in [7, 11) is -4.10. The molecular weight excluding hydrogens is 373 g/mol. The topological polar surface area (TPSA) is 129 Å². The minimum Gasteiger partial charge on any atom is -0.278 e. The van der Waals surface area contributed by atoms with Crippen LogP contribution in [-0.4, -0.2) is 65.3 Å². The molecule has 1 saturated heterocycles. The van der Waals surface area contributed by atoms with Gasteiger partial charge in [-0.1, -0.05) is 0 Å². The molecule has 13 heteroatoms. The van der Waals surface area contributed by atoms with Crippen molar-refractivity contribution in [3.63, 3.8) is 0 Å². The second-order valence-corrected chi connectivity index (χ2v) is 7.87. The Morgan fingerprint density at radius 3 is 2.64 bits per heavy atom. The van der Waals surface area contributed by atoms with Crippen molar-refractivity contribution in [3.05, 3.63) is 11.6 Å². The van der Waals surface area contributed by atoms with E-state index in [1.54, 1.807) is 18.7 Å². The first-order valence-electron chi connectivity index (χ1n) is 7.51. The normalized spacial score (nSPS) is 18.3. The minimum absolute atomic E-state index is 0.0440. The lowest BCUT2D eigenvalue weighted by atomic mass is 10.4. The van der Waals surface area contributed by atoms with Gasteiger partial charge < -0.3 is 0 Å². The van der Waals surface area contributed by atoms with E-state index in [1.165, 1.54) is 11.8 Å². The zero-order valence-electron chi connectivity index (χ0n) is 13.8. The second-order valence-electron chi connectivity index (χ2n) is 5.23. The Hall–Kier alpha value is -1.57. The van der Waals surface area contributed by atoms with Gasteiger partial charge in [-0.15, -0.1) is 11.8 Å². The van der Waals surface area contributed by atoms with E-state index in [0.29, 0.717) is 31.2 Å². The van der Waals surface area contributed by atoms with Crippen LogP contribution in [0.1, 0.15) is 18.1 Å². The first-order valence-corrected chi connectivity index (χ1v) is 10.0. The molecule has 0 spiro atoms. The number of carbonyl (C=O) groups is 1. The molecule has 0 aromatic carbocycles. The highest BCUT2D eigenvalue weighted by Crippen LogP contribution is 2.21. The van der Waals surface area contributed by atoms with Crippen LogP contribution >= 0.6 is 11.8 Å². The van der Waals surface area contributed by atoms with Crippen molar-refractivity contribution in [1.82, 2.24) is 29.3 Å². The predicted molar refractivity (Wildman–Crippen MR) is 91.9 cm³/mol. The highest BCUT2D eigenvalue weighted by Gasteiger charge is 2.29. The average Bonchev–Trinajstić information content (AvgIpc) is 2.89. The lowest BCUT2D eigenvalue weighted by molar-refractivity contribution is 0.254. The number of rotatable bonds is 7. The van der Waals surface area contributed by atoms with E-state index in [9.17, 15) is 17.6 Å². The first-order chi connectivity index (χ1) is 11.8. The lowest BCUT2D eigenvalue weighted by Crippen LogP contribution is -2.50. The summed E-state index contributed by atoms with van der Waals surface area (Å²) in [5.41, 5.74) is -0.543. The predicted octanol–water partition coefficient (Wildman–Crippen LogP) is 0.136. The number of carbonyl (C=O) groups excluding carboxylic acids is 1. The fraction of sp³-hybridized carbons (Fsp3) is 0.667. The number of alkyl halides is 1. The Bertz CT molecular complexity index is 698. The highest BCUT2D eigenvalue weighted by molar-refractivity contribution is 8.00. The quantitative estimate of drug-likeness (QED) is 0.596. The van der Waals surface area contributed by atoms with Gasteiger partial charge >= 0.3 is 16.2 Å². The SMILES string of the molecule is Cc1nc(C)nc(NC(=O)NS(=O)(=O)NC2SCCN2CCCF)n1. The van der Waals surface area contributed by atoms with Gasteiger partial charge in [0.05, 0.1) is 6.67 Å². The Kier molecular flexibility index (Phi) is 6.87. The van der Waals surface area contributed by atoms with Crippen LogP contribution in [0.4, 0.5) is 15.1 Å². The van der Waals surface area contributed by atoms with Gasteiger partial charge in [-0.05, 0) is 20.3 Å². The van der Waals surface area contributed by atoms with Gasteiger partial charge in [0.15, 0.2) is 0 Å². The van der Waals surface area contributed by atoms with Gasteiger partial charge in [-0.25, -0.2) is 14.5 Å². The molecule has 1 aliphatic rings. The molecule has 0 bridgehead atoms. The van der Waals surface area contributed by atoms with E-state index >= 15 is 0 Å². The van der Waals surface area contributed by atoms with E-state index in [0.717, 1.165) is 5.75 Å². The lowest BCUT2D eigenvalue weighted by Gasteiger charge is -2.23. The van der Waals surface area contributed by atoms with Gasteiger partial charge in [0.25, 0.3) is 0 Å². The van der Waals surface area contributed by atoms with E-state index in [-0.39, 0.29) is 5.95 Å². The fourth-order valence-electron chi connectivity index (χ4n) is 2.19. The largest absolute Gasteiger partial charge is 0.336 e. The maximum Gasteiger partial charge on any atom is 0.336 e. The zero-order valence-corrected chi connectivity index (χ0v) is 15.5. The molecule has 2 rings (SSSR count). The molecule has 2 heterocycles. The smallest absolute Gasteiger partial charge is 0.278 e. The molecule has 1 aromatic rings. The fourth-order valence-corrected chi connectivity index (χ4v) is 4.59. The molecule has 10 nitrogen and oxygen atoms in total. The van der Waals surface area contributed by atoms with Crippen molar-refractivity contribution in [1.29, 1.82) is 0 Å². The summed E-state index contributed by atoms with van der Waals surface area (Å²) in [6.45, 7) is 3.87. The van der Waals surface area contributed by atoms with Gasteiger partial charge in [-0.2, -0.15) is 23.1 Å².